The number of carbonyl (C=O) groups excluding carboxylic acids is 1. The Bertz CT molecular complexity index is 503. The highest BCUT2D eigenvalue weighted by molar-refractivity contribution is 5.68. The number of carbonyl (C=O) groups is 1. The molecule has 5 heteroatoms. The summed E-state index contributed by atoms with van der Waals surface area (Å²) in [5.74, 6) is 0.899. The molecule has 0 radical (unpaired) electrons. The summed E-state index contributed by atoms with van der Waals surface area (Å²) in [5.41, 5.74) is 3.62. The average Bonchev–Trinajstić information content (AvgIpc) is 2.48. The van der Waals surface area contributed by atoms with E-state index in [1.165, 1.54) is 11.1 Å². The second kappa shape index (κ2) is 7.31. The fourth-order valence-electron chi connectivity index (χ4n) is 2.63. The van der Waals surface area contributed by atoms with Crippen LogP contribution in [0.2, 0.25) is 0 Å². The highest BCUT2D eigenvalue weighted by Gasteiger charge is 2.23. The minimum absolute atomic E-state index is 0.236. The maximum atomic E-state index is 11.9. The van der Waals surface area contributed by atoms with Gasteiger partial charge < -0.3 is 19.7 Å². The lowest BCUT2D eigenvalue weighted by Gasteiger charge is -2.29. The van der Waals surface area contributed by atoms with E-state index in [9.17, 15) is 4.79 Å². The van der Waals surface area contributed by atoms with Crippen LogP contribution in [0.5, 0.6) is 5.75 Å². The van der Waals surface area contributed by atoms with Gasteiger partial charge in [-0.1, -0.05) is 6.07 Å². The lowest BCUT2D eigenvalue weighted by atomic mass is 9.96. The van der Waals surface area contributed by atoms with Crippen LogP contribution < -0.4 is 10.1 Å². The first-order chi connectivity index (χ1) is 10.2. The van der Waals surface area contributed by atoms with Gasteiger partial charge in [0, 0.05) is 25.2 Å². The summed E-state index contributed by atoms with van der Waals surface area (Å²) < 4.78 is 10.8. The predicted octanol–water partition coefficient (Wildman–Crippen LogP) is 2.32. The zero-order valence-electron chi connectivity index (χ0n) is 13.1. The van der Waals surface area contributed by atoms with Crippen molar-refractivity contribution in [3.05, 3.63) is 28.8 Å². The standard InChI is InChI=1S/C16H24N2O3/c1-4-20-15-9-14-11-18(16(19)21-5-2)7-6-12(14)8-13(15)10-17-3/h8-9,17H,4-7,10-11H2,1-3H3. The first-order valence-electron chi connectivity index (χ1n) is 7.53. The number of nitrogens with one attached hydrogen (secondary N) is 1. The summed E-state index contributed by atoms with van der Waals surface area (Å²) in [6.07, 6.45) is 0.623. The SMILES string of the molecule is CCOC(=O)N1CCc2cc(CNC)c(OCC)cc2C1. The fourth-order valence-corrected chi connectivity index (χ4v) is 2.63. The summed E-state index contributed by atoms with van der Waals surface area (Å²) in [6.45, 7) is 6.93. The molecule has 0 aliphatic carbocycles. The van der Waals surface area contributed by atoms with Crippen molar-refractivity contribution in [1.82, 2.24) is 10.2 Å². The molecule has 1 aliphatic rings. The van der Waals surface area contributed by atoms with Crippen molar-refractivity contribution in [1.29, 1.82) is 0 Å². The van der Waals surface area contributed by atoms with E-state index in [4.69, 9.17) is 9.47 Å². The van der Waals surface area contributed by atoms with E-state index in [0.717, 1.165) is 24.3 Å². The molecular weight excluding hydrogens is 268 g/mol. The number of fused-ring (bicyclic) bond motifs is 1. The average molecular weight is 292 g/mol. The largest absolute Gasteiger partial charge is 0.494 e. The maximum absolute atomic E-state index is 11.9. The molecule has 0 atom stereocenters. The van der Waals surface area contributed by atoms with Crippen LogP contribution in [0.4, 0.5) is 4.79 Å². The topological polar surface area (TPSA) is 50.8 Å². The number of hydrogen-bond acceptors (Lipinski definition) is 4. The Hall–Kier alpha value is -1.75. The number of nitrogens with zero attached hydrogens (tertiary/aromatic N) is 1. The summed E-state index contributed by atoms with van der Waals surface area (Å²) >= 11 is 0. The van der Waals surface area contributed by atoms with Gasteiger partial charge in [0.15, 0.2) is 0 Å². The van der Waals surface area contributed by atoms with Gasteiger partial charge in [-0.25, -0.2) is 4.79 Å². The summed E-state index contributed by atoms with van der Waals surface area (Å²) in [5, 5.41) is 3.17. The van der Waals surface area contributed by atoms with Gasteiger partial charge in [0.05, 0.1) is 13.2 Å². The molecule has 0 saturated carbocycles. The van der Waals surface area contributed by atoms with E-state index in [0.29, 0.717) is 26.3 Å². The molecular formula is C16H24N2O3. The predicted molar refractivity (Wildman–Crippen MR) is 81.5 cm³/mol. The van der Waals surface area contributed by atoms with Crippen LogP contribution in [0, 0.1) is 0 Å². The molecule has 5 nitrogen and oxygen atoms in total. The number of benzene rings is 1. The van der Waals surface area contributed by atoms with Crippen molar-refractivity contribution in [2.45, 2.75) is 33.4 Å². The highest BCUT2D eigenvalue weighted by atomic mass is 16.6. The molecule has 1 aromatic rings. The molecule has 0 aromatic heterocycles. The minimum Gasteiger partial charge on any atom is -0.494 e. The van der Waals surface area contributed by atoms with Crippen LogP contribution in [0.3, 0.4) is 0 Å². The molecule has 1 N–H and O–H groups in total. The molecule has 0 spiro atoms. The second-order valence-corrected chi connectivity index (χ2v) is 5.06. The van der Waals surface area contributed by atoms with E-state index in [2.05, 4.69) is 17.4 Å². The van der Waals surface area contributed by atoms with Gasteiger partial charge >= 0.3 is 6.09 Å². The van der Waals surface area contributed by atoms with E-state index >= 15 is 0 Å². The number of amides is 1. The zero-order valence-corrected chi connectivity index (χ0v) is 13.1. The van der Waals surface area contributed by atoms with Crippen molar-refractivity contribution in [3.8, 4) is 5.75 Å². The van der Waals surface area contributed by atoms with Gasteiger partial charge in [-0.05, 0) is 44.5 Å². The maximum Gasteiger partial charge on any atom is 0.410 e. The Kier molecular flexibility index (Phi) is 5.44. The van der Waals surface area contributed by atoms with Crippen LogP contribution >= 0.6 is 0 Å². The molecule has 2 rings (SSSR count). The summed E-state index contributed by atoms with van der Waals surface area (Å²) in [4.78, 5) is 13.6. The van der Waals surface area contributed by atoms with E-state index in [-0.39, 0.29) is 6.09 Å². The molecule has 1 aromatic carbocycles. The Balaban J connectivity index is 2.22. The lowest BCUT2D eigenvalue weighted by Crippen LogP contribution is -2.36. The molecule has 21 heavy (non-hydrogen) atoms. The van der Waals surface area contributed by atoms with E-state index < -0.39 is 0 Å². The summed E-state index contributed by atoms with van der Waals surface area (Å²) in [7, 11) is 1.93. The van der Waals surface area contributed by atoms with E-state index in [1.54, 1.807) is 4.90 Å². The molecule has 1 amide bonds. The van der Waals surface area contributed by atoms with Gasteiger partial charge in [-0.3, -0.25) is 0 Å². The van der Waals surface area contributed by atoms with Crippen LogP contribution in [0.1, 0.15) is 30.5 Å². The van der Waals surface area contributed by atoms with Gasteiger partial charge in [-0.2, -0.15) is 0 Å². The third-order valence-electron chi connectivity index (χ3n) is 3.59. The molecule has 1 heterocycles. The van der Waals surface area contributed by atoms with Gasteiger partial charge in [0.2, 0.25) is 0 Å². The van der Waals surface area contributed by atoms with E-state index in [1.807, 2.05) is 20.9 Å². The van der Waals surface area contributed by atoms with Crippen LogP contribution in [0.25, 0.3) is 0 Å². The monoisotopic (exact) mass is 292 g/mol. The molecule has 1 aliphatic heterocycles. The number of rotatable bonds is 5. The number of ether oxygens (including phenoxy) is 2. The van der Waals surface area contributed by atoms with Crippen LogP contribution in [-0.4, -0.2) is 37.8 Å². The van der Waals surface area contributed by atoms with Crippen molar-refractivity contribution < 1.29 is 14.3 Å². The normalized spacial score (nSPS) is 13.8. The Morgan fingerprint density at radius 2 is 2.10 bits per heavy atom. The quantitative estimate of drug-likeness (QED) is 0.905. The third-order valence-corrected chi connectivity index (χ3v) is 3.59. The van der Waals surface area contributed by atoms with Crippen molar-refractivity contribution in [3.63, 3.8) is 0 Å². The zero-order chi connectivity index (χ0) is 15.2. The smallest absolute Gasteiger partial charge is 0.410 e. The summed E-state index contributed by atoms with van der Waals surface area (Å²) in [6, 6.07) is 4.26. The second-order valence-electron chi connectivity index (χ2n) is 5.06. The van der Waals surface area contributed by atoms with Crippen molar-refractivity contribution in [2.75, 3.05) is 26.8 Å². The third kappa shape index (κ3) is 3.67. The Morgan fingerprint density at radius 3 is 2.76 bits per heavy atom. The lowest BCUT2D eigenvalue weighted by molar-refractivity contribution is 0.102. The molecule has 0 saturated heterocycles. The fraction of sp³-hybridized carbons (Fsp3) is 0.562. The first kappa shape index (κ1) is 15.6. The molecule has 0 bridgehead atoms. The van der Waals surface area contributed by atoms with Crippen LogP contribution in [-0.2, 0) is 24.2 Å². The molecule has 0 fully saturated rings. The Morgan fingerprint density at radius 1 is 1.29 bits per heavy atom. The van der Waals surface area contributed by atoms with Crippen LogP contribution in [0.15, 0.2) is 12.1 Å². The Labute approximate surface area is 126 Å². The van der Waals surface area contributed by atoms with Crippen molar-refractivity contribution in [2.24, 2.45) is 0 Å². The van der Waals surface area contributed by atoms with Gasteiger partial charge in [0.25, 0.3) is 0 Å². The van der Waals surface area contributed by atoms with Gasteiger partial charge in [0.1, 0.15) is 5.75 Å². The number of hydrogen-bond donors (Lipinski definition) is 1. The molecule has 0 unspecified atom stereocenters. The molecule has 116 valence electrons. The highest BCUT2D eigenvalue weighted by Crippen LogP contribution is 2.28. The van der Waals surface area contributed by atoms with Crippen molar-refractivity contribution >= 4 is 6.09 Å². The first-order valence-corrected chi connectivity index (χ1v) is 7.53. The van der Waals surface area contributed by atoms with Gasteiger partial charge in [-0.15, -0.1) is 0 Å². The minimum atomic E-state index is -0.236.